The summed E-state index contributed by atoms with van der Waals surface area (Å²) in [4.78, 5) is 5.70. The lowest BCUT2D eigenvalue weighted by molar-refractivity contribution is 0.248. The molecule has 1 nitrogen and oxygen atoms in total. The monoisotopic (exact) mass is 323 g/mol. The first-order valence-electron chi connectivity index (χ1n) is 8.83. The van der Waals surface area contributed by atoms with Gasteiger partial charge in [0.25, 0.3) is 0 Å². The first kappa shape index (κ1) is 16.1. The fraction of sp³-hybridized carbons (Fsp3) is 0.889. The largest absolute Gasteiger partial charge is 0.332 e. The quantitative estimate of drug-likeness (QED) is 0.682. The maximum Gasteiger partial charge on any atom is 0.124 e. The Labute approximate surface area is 136 Å². The molecule has 2 saturated carbocycles. The van der Waals surface area contributed by atoms with E-state index in [9.17, 15) is 0 Å². The summed E-state index contributed by atoms with van der Waals surface area (Å²) in [5.74, 6) is 2.88. The Bertz CT molecular complexity index is 437. The highest BCUT2D eigenvalue weighted by Gasteiger charge is 2.57. The Hall–Kier alpha value is 0.267. The number of thioether (sulfide) groups is 1. The van der Waals surface area contributed by atoms with Crippen LogP contribution in [-0.2, 0) is 0 Å². The molecular weight excluding hydrogens is 290 g/mol. The van der Waals surface area contributed by atoms with Crippen LogP contribution < -0.4 is 4.98 Å². The summed E-state index contributed by atoms with van der Waals surface area (Å²) in [7, 11) is -1.43. The van der Waals surface area contributed by atoms with Gasteiger partial charge in [-0.1, -0.05) is 38.4 Å². The molecule has 3 heteroatoms. The van der Waals surface area contributed by atoms with Crippen LogP contribution in [0.5, 0.6) is 0 Å². The van der Waals surface area contributed by atoms with Gasteiger partial charge < -0.3 is 4.98 Å². The summed E-state index contributed by atoms with van der Waals surface area (Å²) < 4.78 is 0. The zero-order valence-electron chi connectivity index (χ0n) is 14.7. The van der Waals surface area contributed by atoms with E-state index >= 15 is 0 Å². The van der Waals surface area contributed by atoms with Gasteiger partial charge in [0.05, 0.1) is 0 Å². The molecule has 5 unspecified atom stereocenters. The average molecular weight is 324 g/mol. The maximum absolute atomic E-state index is 4.10. The van der Waals surface area contributed by atoms with Gasteiger partial charge in [-0.3, -0.25) is 0 Å². The molecule has 0 aromatic carbocycles. The van der Waals surface area contributed by atoms with Gasteiger partial charge in [-0.25, -0.2) is 0 Å². The molecule has 1 N–H and O–H groups in total. The highest BCUT2D eigenvalue weighted by atomic mass is 32.2. The topological polar surface area (TPSA) is 12.0 Å². The van der Waals surface area contributed by atoms with Crippen molar-refractivity contribution in [3.05, 3.63) is 11.0 Å². The third-order valence-electron chi connectivity index (χ3n) is 5.84. The van der Waals surface area contributed by atoms with Crippen LogP contribution >= 0.6 is 11.8 Å². The van der Waals surface area contributed by atoms with Gasteiger partial charge in [0.1, 0.15) is 8.24 Å². The number of hydrogen-bond donors (Lipinski definition) is 1. The third kappa shape index (κ3) is 3.03. The van der Waals surface area contributed by atoms with E-state index < -0.39 is 8.24 Å². The fourth-order valence-corrected chi connectivity index (χ4v) is 13.0. The highest BCUT2D eigenvalue weighted by molar-refractivity contribution is 8.04. The van der Waals surface area contributed by atoms with E-state index in [4.69, 9.17) is 0 Å². The first-order chi connectivity index (χ1) is 9.69. The van der Waals surface area contributed by atoms with Crippen molar-refractivity contribution in [2.75, 3.05) is 0 Å². The van der Waals surface area contributed by atoms with E-state index in [0.717, 1.165) is 28.5 Å². The molecule has 21 heavy (non-hydrogen) atoms. The summed E-state index contributed by atoms with van der Waals surface area (Å²) in [6, 6.07) is 0. The molecule has 0 aromatic rings. The van der Waals surface area contributed by atoms with Gasteiger partial charge in [-0.15, -0.1) is 11.8 Å². The Morgan fingerprint density at radius 3 is 2.38 bits per heavy atom. The summed E-state index contributed by atoms with van der Waals surface area (Å²) >= 11 is 2.22. The minimum atomic E-state index is -1.43. The van der Waals surface area contributed by atoms with Crippen molar-refractivity contribution in [2.45, 2.75) is 82.8 Å². The SMILES string of the molecule is CC1=CC2C3CCCCC3C([Si](C)(C)NC(C)(C)C)C2S1. The molecular formula is C18H33NSSi. The molecule has 1 aliphatic heterocycles. The molecule has 3 rings (SSSR count). The molecule has 0 bridgehead atoms. The predicted octanol–water partition coefficient (Wildman–Crippen LogP) is 5.41. The second kappa shape index (κ2) is 5.42. The second-order valence-corrected chi connectivity index (χ2v) is 15.0. The van der Waals surface area contributed by atoms with E-state index in [1.54, 1.807) is 4.91 Å². The molecule has 0 amide bonds. The van der Waals surface area contributed by atoms with Gasteiger partial charge in [0.2, 0.25) is 0 Å². The standard InChI is InChI=1S/C18H33NSSi/c1-12-11-15-13-9-7-8-10-14(13)17(16(15)20-12)21(5,6)19-18(2,3)4/h11,13-17,19H,7-10H2,1-6H3. The molecule has 2 aliphatic carbocycles. The molecule has 3 aliphatic rings. The van der Waals surface area contributed by atoms with Crippen LogP contribution in [0.15, 0.2) is 11.0 Å². The first-order valence-corrected chi connectivity index (χ1v) is 12.8. The zero-order valence-corrected chi connectivity index (χ0v) is 16.5. The van der Waals surface area contributed by atoms with Crippen LogP contribution in [0, 0.1) is 17.8 Å². The van der Waals surface area contributed by atoms with Crippen LogP contribution in [0.2, 0.25) is 18.6 Å². The fourth-order valence-electron chi connectivity index (χ4n) is 5.73. The van der Waals surface area contributed by atoms with Gasteiger partial charge >= 0.3 is 0 Å². The number of nitrogens with one attached hydrogen (secondary N) is 1. The van der Waals surface area contributed by atoms with E-state index in [2.05, 4.69) is 63.6 Å². The molecule has 1 heterocycles. The summed E-state index contributed by atoms with van der Waals surface area (Å²) in [5.41, 5.74) is 1.20. The van der Waals surface area contributed by atoms with Crippen LogP contribution in [0.25, 0.3) is 0 Å². The maximum atomic E-state index is 4.10. The number of hydrogen-bond acceptors (Lipinski definition) is 2. The molecule has 120 valence electrons. The molecule has 0 radical (unpaired) electrons. The van der Waals surface area contributed by atoms with Crippen LogP contribution in [0.4, 0.5) is 0 Å². The Morgan fingerprint density at radius 1 is 1.14 bits per heavy atom. The normalized spacial score (nSPS) is 39.9. The van der Waals surface area contributed by atoms with Gasteiger partial charge in [0, 0.05) is 10.8 Å². The number of allylic oxidation sites excluding steroid dienone is 2. The van der Waals surface area contributed by atoms with Crippen LogP contribution in [-0.4, -0.2) is 19.0 Å². The summed E-state index contributed by atoms with van der Waals surface area (Å²) in [5, 5.41) is 0.884. The van der Waals surface area contributed by atoms with Crippen molar-refractivity contribution in [1.82, 2.24) is 4.98 Å². The van der Waals surface area contributed by atoms with Crippen LogP contribution in [0.3, 0.4) is 0 Å². The second-order valence-electron chi connectivity index (χ2n) is 9.17. The molecule has 5 atom stereocenters. The molecule has 0 saturated heterocycles. The van der Waals surface area contributed by atoms with Crippen molar-refractivity contribution in [1.29, 1.82) is 0 Å². The third-order valence-corrected chi connectivity index (χ3v) is 11.3. The van der Waals surface area contributed by atoms with E-state index in [-0.39, 0.29) is 5.54 Å². The highest BCUT2D eigenvalue weighted by Crippen LogP contribution is 2.63. The number of rotatable bonds is 2. The van der Waals surface area contributed by atoms with Crippen molar-refractivity contribution in [3.8, 4) is 0 Å². The van der Waals surface area contributed by atoms with Crippen molar-refractivity contribution >= 4 is 20.0 Å². The Balaban J connectivity index is 1.89. The van der Waals surface area contributed by atoms with Crippen LogP contribution in [0.1, 0.15) is 53.4 Å². The molecule has 2 fully saturated rings. The average Bonchev–Trinajstić information content (AvgIpc) is 2.80. The van der Waals surface area contributed by atoms with Crippen molar-refractivity contribution in [2.24, 2.45) is 17.8 Å². The Kier molecular flexibility index (Phi) is 4.16. The van der Waals surface area contributed by atoms with Gasteiger partial charge in [0.15, 0.2) is 0 Å². The van der Waals surface area contributed by atoms with Gasteiger partial charge in [-0.2, -0.15) is 0 Å². The smallest absolute Gasteiger partial charge is 0.124 e. The predicted molar refractivity (Wildman–Crippen MR) is 98.2 cm³/mol. The zero-order chi connectivity index (χ0) is 15.4. The van der Waals surface area contributed by atoms with Crippen molar-refractivity contribution < 1.29 is 0 Å². The van der Waals surface area contributed by atoms with E-state index in [1.807, 2.05) is 0 Å². The van der Waals surface area contributed by atoms with E-state index in [1.165, 1.54) is 25.7 Å². The Morgan fingerprint density at radius 2 is 1.76 bits per heavy atom. The van der Waals surface area contributed by atoms with E-state index in [0.29, 0.717) is 0 Å². The minimum Gasteiger partial charge on any atom is -0.332 e. The lowest BCUT2D eigenvalue weighted by Gasteiger charge is -2.43. The number of fused-ring (bicyclic) bond motifs is 3. The lowest BCUT2D eigenvalue weighted by Crippen LogP contribution is -2.59. The summed E-state index contributed by atoms with van der Waals surface area (Å²) in [6.45, 7) is 14.6. The minimum absolute atomic E-state index is 0.254. The molecule has 0 aromatic heterocycles. The van der Waals surface area contributed by atoms with Crippen molar-refractivity contribution in [3.63, 3.8) is 0 Å². The molecule has 0 spiro atoms. The van der Waals surface area contributed by atoms with Gasteiger partial charge in [-0.05, 0) is 62.3 Å². The summed E-state index contributed by atoms with van der Waals surface area (Å²) in [6.07, 6.45) is 8.58. The lowest BCUT2D eigenvalue weighted by atomic mass is 9.78.